The Hall–Kier alpha value is -2.24. The van der Waals surface area contributed by atoms with Gasteiger partial charge in [0.15, 0.2) is 11.5 Å². The quantitative estimate of drug-likeness (QED) is 0.662. The van der Waals surface area contributed by atoms with Crippen LogP contribution in [0.1, 0.15) is 55.8 Å². The van der Waals surface area contributed by atoms with Crippen molar-refractivity contribution in [3.63, 3.8) is 0 Å². The van der Waals surface area contributed by atoms with E-state index in [1.807, 2.05) is 4.90 Å². The van der Waals surface area contributed by atoms with Crippen molar-refractivity contribution in [3.05, 3.63) is 23.8 Å². The molecule has 1 amide bonds. The lowest BCUT2D eigenvalue weighted by Crippen LogP contribution is -2.42. The van der Waals surface area contributed by atoms with Gasteiger partial charge in [0.1, 0.15) is 0 Å². The number of benzene rings is 1. The number of esters is 1. The molecule has 0 atom stereocenters. The predicted molar refractivity (Wildman–Crippen MR) is 98.7 cm³/mol. The Labute approximate surface area is 155 Å². The maximum Gasteiger partial charge on any atom is 0.307 e. The van der Waals surface area contributed by atoms with Crippen molar-refractivity contribution in [2.24, 2.45) is 0 Å². The van der Waals surface area contributed by atoms with E-state index in [1.165, 1.54) is 6.42 Å². The Morgan fingerprint density at radius 1 is 1.08 bits per heavy atom. The van der Waals surface area contributed by atoms with Crippen LogP contribution in [0.5, 0.6) is 11.5 Å². The molecule has 0 saturated heterocycles. The summed E-state index contributed by atoms with van der Waals surface area (Å²) in [5.41, 5.74) is 0.539. The Balaban J connectivity index is 2.19. The number of nitrogens with zero attached hydrogens (tertiary/aromatic N) is 1. The molecule has 6 nitrogen and oxygen atoms in total. The lowest BCUT2D eigenvalue weighted by atomic mass is 9.93. The van der Waals surface area contributed by atoms with E-state index in [-0.39, 0.29) is 24.3 Å². The summed E-state index contributed by atoms with van der Waals surface area (Å²) in [6.45, 7) is 2.51. The van der Waals surface area contributed by atoms with Crippen molar-refractivity contribution in [2.45, 2.75) is 51.5 Å². The number of amides is 1. The van der Waals surface area contributed by atoms with E-state index in [1.54, 1.807) is 39.3 Å². The first-order chi connectivity index (χ1) is 12.6. The summed E-state index contributed by atoms with van der Waals surface area (Å²) in [7, 11) is 3.11. The highest BCUT2D eigenvalue weighted by Crippen LogP contribution is 2.30. The van der Waals surface area contributed by atoms with E-state index < -0.39 is 0 Å². The summed E-state index contributed by atoms with van der Waals surface area (Å²) < 4.78 is 15.6. The van der Waals surface area contributed by atoms with Crippen LogP contribution in [-0.4, -0.2) is 50.2 Å². The van der Waals surface area contributed by atoms with Gasteiger partial charge in [-0.2, -0.15) is 0 Å². The molecule has 0 unspecified atom stereocenters. The zero-order valence-electron chi connectivity index (χ0n) is 16.0. The van der Waals surface area contributed by atoms with Gasteiger partial charge in [0.05, 0.1) is 27.2 Å². The summed E-state index contributed by atoms with van der Waals surface area (Å²) in [6, 6.07) is 5.33. The number of rotatable bonds is 8. The second-order valence-corrected chi connectivity index (χ2v) is 6.42. The molecule has 1 saturated carbocycles. The molecule has 0 spiro atoms. The molecule has 1 aliphatic carbocycles. The third-order valence-electron chi connectivity index (χ3n) is 4.77. The molecule has 0 radical (unpaired) electrons. The molecule has 1 fully saturated rings. The minimum Gasteiger partial charge on any atom is -0.493 e. The van der Waals surface area contributed by atoms with E-state index >= 15 is 0 Å². The van der Waals surface area contributed by atoms with E-state index in [2.05, 4.69) is 0 Å². The van der Waals surface area contributed by atoms with Crippen molar-refractivity contribution < 1.29 is 23.8 Å². The van der Waals surface area contributed by atoms with Gasteiger partial charge in [-0.1, -0.05) is 19.3 Å². The topological polar surface area (TPSA) is 65.1 Å². The molecule has 144 valence electrons. The molecule has 1 aliphatic rings. The van der Waals surface area contributed by atoms with Crippen LogP contribution in [0.4, 0.5) is 0 Å². The fraction of sp³-hybridized carbons (Fsp3) is 0.600. The van der Waals surface area contributed by atoms with Crippen LogP contribution in [0.25, 0.3) is 0 Å². The molecule has 0 heterocycles. The molecular formula is C20H29NO5. The zero-order valence-corrected chi connectivity index (χ0v) is 16.0. The average molecular weight is 363 g/mol. The van der Waals surface area contributed by atoms with Crippen molar-refractivity contribution in [1.29, 1.82) is 0 Å². The van der Waals surface area contributed by atoms with Crippen LogP contribution < -0.4 is 9.47 Å². The normalized spacial score (nSPS) is 14.6. The molecule has 0 aliphatic heterocycles. The van der Waals surface area contributed by atoms with Crippen molar-refractivity contribution >= 4 is 11.9 Å². The standard InChI is InChI=1S/C20H29NO5/c1-4-26-19(22)12-13-21(16-8-6-5-7-9-16)20(23)15-10-11-17(24-2)18(14-15)25-3/h10-11,14,16H,4-9,12-13H2,1-3H3. The van der Waals surface area contributed by atoms with E-state index in [0.29, 0.717) is 30.2 Å². The molecule has 6 heteroatoms. The number of hydrogen-bond acceptors (Lipinski definition) is 5. The predicted octanol–water partition coefficient (Wildman–Crippen LogP) is 3.43. The summed E-state index contributed by atoms with van der Waals surface area (Å²) in [5.74, 6) is 0.752. The first-order valence-corrected chi connectivity index (χ1v) is 9.29. The monoisotopic (exact) mass is 363 g/mol. The van der Waals surface area contributed by atoms with Crippen LogP contribution in [0, 0.1) is 0 Å². The van der Waals surface area contributed by atoms with Crippen LogP contribution in [-0.2, 0) is 9.53 Å². The molecule has 1 aromatic carbocycles. The van der Waals surface area contributed by atoms with Crippen LogP contribution >= 0.6 is 0 Å². The molecule has 0 N–H and O–H groups in total. The SMILES string of the molecule is CCOC(=O)CCN(C(=O)c1ccc(OC)c(OC)c1)C1CCCCC1. The number of carbonyl (C=O) groups is 2. The lowest BCUT2D eigenvalue weighted by Gasteiger charge is -2.34. The number of ether oxygens (including phenoxy) is 3. The molecular weight excluding hydrogens is 334 g/mol. The van der Waals surface area contributed by atoms with Gasteiger partial charge in [0.2, 0.25) is 0 Å². The fourth-order valence-electron chi connectivity index (χ4n) is 3.42. The number of methoxy groups -OCH3 is 2. The first-order valence-electron chi connectivity index (χ1n) is 9.29. The van der Waals surface area contributed by atoms with Crippen molar-refractivity contribution in [2.75, 3.05) is 27.4 Å². The molecule has 0 aromatic heterocycles. The van der Waals surface area contributed by atoms with Gasteiger partial charge in [-0.15, -0.1) is 0 Å². The Kier molecular flexibility index (Phi) is 7.75. The second-order valence-electron chi connectivity index (χ2n) is 6.42. The maximum absolute atomic E-state index is 13.2. The van der Waals surface area contributed by atoms with Crippen LogP contribution in [0.2, 0.25) is 0 Å². The van der Waals surface area contributed by atoms with E-state index in [9.17, 15) is 9.59 Å². The van der Waals surface area contributed by atoms with E-state index in [0.717, 1.165) is 25.7 Å². The summed E-state index contributed by atoms with van der Waals surface area (Å²) in [6.07, 6.45) is 5.58. The number of hydrogen-bond donors (Lipinski definition) is 0. The van der Waals surface area contributed by atoms with Gasteiger partial charge in [-0.05, 0) is 38.0 Å². The highest BCUT2D eigenvalue weighted by Gasteiger charge is 2.27. The van der Waals surface area contributed by atoms with Gasteiger partial charge in [-0.25, -0.2) is 0 Å². The van der Waals surface area contributed by atoms with Gasteiger partial charge >= 0.3 is 5.97 Å². The third-order valence-corrected chi connectivity index (χ3v) is 4.77. The number of carbonyl (C=O) groups excluding carboxylic acids is 2. The van der Waals surface area contributed by atoms with E-state index in [4.69, 9.17) is 14.2 Å². The van der Waals surface area contributed by atoms with Crippen LogP contribution in [0.15, 0.2) is 18.2 Å². The average Bonchev–Trinajstić information content (AvgIpc) is 2.68. The summed E-state index contributed by atoms with van der Waals surface area (Å²) >= 11 is 0. The van der Waals surface area contributed by atoms with Crippen molar-refractivity contribution in [3.8, 4) is 11.5 Å². The third kappa shape index (κ3) is 5.13. The zero-order chi connectivity index (χ0) is 18.9. The minimum atomic E-state index is -0.270. The summed E-state index contributed by atoms with van der Waals surface area (Å²) in [4.78, 5) is 26.8. The minimum absolute atomic E-state index is 0.0813. The van der Waals surface area contributed by atoms with Crippen LogP contribution in [0.3, 0.4) is 0 Å². The molecule has 0 bridgehead atoms. The molecule has 26 heavy (non-hydrogen) atoms. The highest BCUT2D eigenvalue weighted by atomic mass is 16.5. The van der Waals surface area contributed by atoms with Gasteiger partial charge in [0, 0.05) is 18.2 Å². The smallest absolute Gasteiger partial charge is 0.307 e. The van der Waals surface area contributed by atoms with Gasteiger partial charge < -0.3 is 19.1 Å². The summed E-state index contributed by atoms with van der Waals surface area (Å²) in [5, 5.41) is 0. The molecule has 1 aromatic rings. The Bertz CT molecular complexity index is 610. The maximum atomic E-state index is 13.2. The van der Waals surface area contributed by atoms with Crippen molar-refractivity contribution in [1.82, 2.24) is 4.90 Å². The first kappa shape index (κ1) is 20.1. The second kappa shape index (κ2) is 10.0. The fourth-order valence-corrected chi connectivity index (χ4v) is 3.42. The van der Waals surface area contributed by atoms with Gasteiger partial charge in [0.25, 0.3) is 5.91 Å². The van der Waals surface area contributed by atoms with Gasteiger partial charge in [-0.3, -0.25) is 9.59 Å². The molecule has 2 rings (SSSR count). The largest absolute Gasteiger partial charge is 0.493 e. The Morgan fingerprint density at radius 2 is 1.77 bits per heavy atom. The lowest BCUT2D eigenvalue weighted by molar-refractivity contribution is -0.143. The Morgan fingerprint density at radius 3 is 2.38 bits per heavy atom. The highest BCUT2D eigenvalue weighted by molar-refractivity contribution is 5.95.